The van der Waals surface area contributed by atoms with Gasteiger partial charge >= 0.3 is 6.09 Å². The van der Waals surface area contributed by atoms with Gasteiger partial charge in [-0.25, -0.2) is 4.79 Å². The van der Waals surface area contributed by atoms with E-state index in [1.54, 1.807) is 43.6 Å². The Morgan fingerprint density at radius 3 is 2.59 bits per heavy atom. The molecule has 0 aliphatic heterocycles. The Kier molecular flexibility index (Phi) is 5.48. The largest absolute Gasteiger partial charge is 0.450 e. The number of hydrogen-bond donors (Lipinski definition) is 2. The number of ether oxygens (including phenoxy) is 1. The first-order chi connectivity index (χ1) is 10.7. The van der Waals surface area contributed by atoms with E-state index in [1.165, 1.54) is 0 Å². The van der Waals surface area contributed by atoms with Crippen LogP contribution < -0.4 is 10.6 Å². The van der Waals surface area contributed by atoms with Gasteiger partial charge in [0, 0.05) is 30.2 Å². The summed E-state index contributed by atoms with van der Waals surface area (Å²) in [6.07, 6.45) is 2.86. The SMILES string of the molecule is CCOC(=O)Nc1ccc(C(=O)NCc2cccnc2)cc1. The minimum Gasteiger partial charge on any atom is -0.450 e. The highest BCUT2D eigenvalue weighted by Crippen LogP contribution is 2.10. The molecule has 0 atom stereocenters. The third-order valence-electron chi connectivity index (χ3n) is 2.84. The van der Waals surface area contributed by atoms with Crippen molar-refractivity contribution in [2.45, 2.75) is 13.5 Å². The maximum Gasteiger partial charge on any atom is 0.411 e. The Morgan fingerprint density at radius 1 is 1.18 bits per heavy atom. The molecule has 2 amide bonds. The number of pyridine rings is 1. The van der Waals surface area contributed by atoms with Crippen molar-refractivity contribution in [3.63, 3.8) is 0 Å². The summed E-state index contributed by atoms with van der Waals surface area (Å²) >= 11 is 0. The Hall–Kier alpha value is -2.89. The first kappa shape index (κ1) is 15.5. The van der Waals surface area contributed by atoms with Crippen molar-refractivity contribution in [3.05, 3.63) is 59.9 Å². The van der Waals surface area contributed by atoms with E-state index >= 15 is 0 Å². The van der Waals surface area contributed by atoms with E-state index in [0.717, 1.165) is 5.56 Å². The van der Waals surface area contributed by atoms with Crippen LogP contribution in [0.3, 0.4) is 0 Å². The van der Waals surface area contributed by atoms with Crippen molar-refractivity contribution in [2.75, 3.05) is 11.9 Å². The van der Waals surface area contributed by atoms with Crippen LogP contribution in [-0.4, -0.2) is 23.6 Å². The van der Waals surface area contributed by atoms with Gasteiger partial charge in [-0.3, -0.25) is 15.1 Å². The number of rotatable bonds is 5. The van der Waals surface area contributed by atoms with Crippen molar-refractivity contribution >= 4 is 17.7 Å². The molecule has 0 fully saturated rings. The Morgan fingerprint density at radius 2 is 1.95 bits per heavy atom. The summed E-state index contributed by atoms with van der Waals surface area (Å²) in [5.74, 6) is -0.188. The van der Waals surface area contributed by atoms with Crippen LogP contribution in [0.4, 0.5) is 10.5 Å². The lowest BCUT2D eigenvalue weighted by Crippen LogP contribution is -2.22. The minimum atomic E-state index is -0.517. The van der Waals surface area contributed by atoms with Gasteiger partial charge < -0.3 is 10.1 Å². The third kappa shape index (κ3) is 4.59. The summed E-state index contributed by atoms with van der Waals surface area (Å²) in [5, 5.41) is 5.37. The maximum absolute atomic E-state index is 12.0. The van der Waals surface area contributed by atoms with Gasteiger partial charge in [0.05, 0.1) is 6.61 Å². The zero-order chi connectivity index (χ0) is 15.8. The molecule has 1 aromatic carbocycles. The van der Waals surface area contributed by atoms with Crippen LogP contribution in [0.25, 0.3) is 0 Å². The van der Waals surface area contributed by atoms with Gasteiger partial charge in [-0.2, -0.15) is 0 Å². The summed E-state index contributed by atoms with van der Waals surface area (Å²) in [7, 11) is 0. The van der Waals surface area contributed by atoms with Gasteiger partial charge in [0.25, 0.3) is 5.91 Å². The monoisotopic (exact) mass is 299 g/mol. The van der Waals surface area contributed by atoms with E-state index in [1.807, 2.05) is 12.1 Å². The Labute approximate surface area is 128 Å². The summed E-state index contributed by atoms with van der Waals surface area (Å²) in [6, 6.07) is 10.3. The summed E-state index contributed by atoms with van der Waals surface area (Å²) < 4.78 is 4.78. The normalized spacial score (nSPS) is 9.86. The van der Waals surface area contributed by atoms with Crippen LogP contribution in [0, 0.1) is 0 Å². The fraction of sp³-hybridized carbons (Fsp3) is 0.188. The van der Waals surface area contributed by atoms with Crippen LogP contribution in [0.2, 0.25) is 0 Å². The molecule has 2 N–H and O–H groups in total. The van der Waals surface area contributed by atoms with Crippen LogP contribution in [0.1, 0.15) is 22.8 Å². The molecule has 1 aromatic heterocycles. The van der Waals surface area contributed by atoms with E-state index in [9.17, 15) is 9.59 Å². The fourth-order valence-electron chi connectivity index (χ4n) is 1.78. The highest BCUT2D eigenvalue weighted by molar-refractivity contribution is 5.95. The second-order valence-electron chi connectivity index (χ2n) is 4.47. The minimum absolute atomic E-state index is 0.188. The predicted molar refractivity (Wildman–Crippen MR) is 82.5 cm³/mol. The molecule has 2 rings (SSSR count). The number of nitrogens with zero attached hydrogens (tertiary/aromatic N) is 1. The number of amides is 2. The topological polar surface area (TPSA) is 80.3 Å². The molecule has 1 heterocycles. The summed E-state index contributed by atoms with van der Waals surface area (Å²) in [5.41, 5.74) is 2.01. The number of hydrogen-bond acceptors (Lipinski definition) is 4. The van der Waals surface area contributed by atoms with Gasteiger partial charge in [0.1, 0.15) is 0 Å². The van der Waals surface area contributed by atoms with Crippen molar-refractivity contribution in [3.8, 4) is 0 Å². The average Bonchev–Trinajstić information content (AvgIpc) is 2.54. The molecule has 0 unspecified atom stereocenters. The quantitative estimate of drug-likeness (QED) is 0.889. The first-order valence-corrected chi connectivity index (χ1v) is 6.90. The number of carbonyl (C=O) groups is 2. The Balaban J connectivity index is 1.89. The second-order valence-corrected chi connectivity index (χ2v) is 4.47. The highest BCUT2D eigenvalue weighted by Gasteiger charge is 2.06. The van der Waals surface area contributed by atoms with E-state index < -0.39 is 6.09 Å². The van der Waals surface area contributed by atoms with Crippen LogP contribution in [0.15, 0.2) is 48.8 Å². The zero-order valence-corrected chi connectivity index (χ0v) is 12.2. The van der Waals surface area contributed by atoms with Gasteiger partial charge in [0.2, 0.25) is 0 Å². The molecular weight excluding hydrogens is 282 g/mol. The average molecular weight is 299 g/mol. The van der Waals surface area contributed by atoms with Crippen molar-refractivity contribution < 1.29 is 14.3 Å². The summed E-state index contributed by atoms with van der Waals surface area (Å²) in [4.78, 5) is 27.3. The summed E-state index contributed by atoms with van der Waals surface area (Å²) in [6.45, 7) is 2.45. The molecule has 0 saturated heterocycles. The molecule has 114 valence electrons. The lowest BCUT2D eigenvalue weighted by molar-refractivity contribution is 0.0951. The van der Waals surface area contributed by atoms with E-state index in [4.69, 9.17) is 4.74 Å². The molecule has 0 bridgehead atoms. The molecule has 0 aliphatic rings. The molecule has 0 spiro atoms. The van der Waals surface area contributed by atoms with E-state index in [-0.39, 0.29) is 5.91 Å². The van der Waals surface area contributed by atoms with Crippen LogP contribution >= 0.6 is 0 Å². The first-order valence-electron chi connectivity index (χ1n) is 6.90. The molecule has 0 radical (unpaired) electrons. The van der Waals surface area contributed by atoms with E-state index in [2.05, 4.69) is 15.6 Å². The number of nitrogens with one attached hydrogen (secondary N) is 2. The lowest BCUT2D eigenvalue weighted by atomic mass is 10.2. The smallest absolute Gasteiger partial charge is 0.411 e. The number of anilines is 1. The van der Waals surface area contributed by atoms with Crippen LogP contribution in [-0.2, 0) is 11.3 Å². The molecule has 6 heteroatoms. The van der Waals surface area contributed by atoms with Gasteiger partial charge in [-0.05, 0) is 42.8 Å². The number of carbonyl (C=O) groups excluding carboxylic acids is 2. The van der Waals surface area contributed by atoms with Crippen molar-refractivity contribution in [1.29, 1.82) is 0 Å². The highest BCUT2D eigenvalue weighted by atomic mass is 16.5. The van der Waals surface area contributed by atoms with Crippen molar-refractivity contribution in [1.82, 2.24) is 10.3 Å². The van der Waals surface area contributed by atoms with Gasteiger partial charge in [0.15, 0.2) is 0 Å². The lowest BCUT2D eigenvalue weighted by Gasteiger charge is -2.07. The predicted octanol–water partition coefficient (Wildman–Crippen LogP) is 2.58. The van der Waals surface area contributed by atoms with Crippen LogP contribution in [0.5, 0.6) is 0 Å². The van der Waals surface area contributed by atoms with E-state index in [0.29, 0.717) is 24.4 Å². The maximum atomic E-state index is 12.0. The standard InChI is InChI=1S/C16H17N3O3/c1-2-22-16(21)19-14-7-5-13(6-8-14)15(20)18-11-12-4-3-9-17-10-12/h3-10H,2,11H2,1H3,(H,18,20)(H,19,21). The number of aromatic nitrogens is 1. The molecular formula is C16H17N3O3. The fourth-order valence-corrected chi connectivity index (χ4v) is 1.78. The third-order valence-corrected chi connectivity index (χ3v) is 2.84. The number of benzene rings is 1. The molecule has 6 nitrogen and oxygen atoms in total. The van der Waals surface area contributed by atoms with Gasteiger partial charge in [-0.1, -0.05) is 6.07 Å². The zero-order valence-electron chi connectivity index (χ0n) is 12.2. The van der Waals surface area contributed by atoms with Crippen molar-refractivity contribution in [2.24, 2.45) is 0 Å². The Bertz CT molecular complexity index is 627. The van der Waals surface area contributed by atoms with Gasteiger partial charge in [-0.15, -0.1) is 0 Å². The second kappa shape index (κ2) is 7.78. The molecule has 2 aromatic rings. The molecule has 0 saturated carbocycles. The molecule has 22 heavy (non-hydrogen) atoms. The molecule has 0 aliphatic carbocycles.